The molecule has 0 bridgehead atoms. The molecular formula is C14H11ClO2S. The van der Waals surface area contributed by atoms with Crippen LogP contribution in [-0.2, 0) is 12.8 Å². The molecule has 0 atom stereocenters. The lowest BCUT2D eigenvalue weighted by Crippen LogP contribution is -1.91. The van der Waals surface area contributed by atoms with E-state index in [0.717, 1.165) is 33.2 Å². The molecule has 0 radical (unpaired) electrons. The number of hydrogen-bond acceptors (Lipinski definition) is 3. The highest BCUT2D eigenvalue weighted by Crippen LogP contribution is 2.42. The van der Waals surface area contributed by atoms with Gasteiger partial charge in [0.25, 0.3) is 0 Å². The van der Waals surface area contributed by atoms with Gasteiger partial charge in [-0.15, -0.1) is 0 Å². The number of aryl methyl sites for hydroxylation is 1. The van der Waals surface area contributed by atoms with Crippen molar-refractivity contribution in [2.75, 3.05) is 0 Å². The van der Waals surface area contributed by atoms with Gasteiger partial charge < -0.3 is 10.2 Å². The van der Waals surface area contributed by atoms with Gasteiger partial charge in [-0.2, -0.15) is 0 Å². The van der Waals surface area contributed by atoms with E-state index in [9.17, 15) is 10.2 Å². The number of fused-ring (bicyclic) bond motifs is 2. The van der Waals surface area contributed by atoms with Gasteiger partial charge in [-0.3, -0.25) is 0 Å². The maximum Gasteiger partial charge on any atom is 0.123 e. The van der Waals surface area contributed by atoms with E-state index in [-0.39, 0.29) is 11.5 Å². The highest BCUT2D eigenvalue weighted by Gasteiger charge is 2.18. The number of benzene rings is 2. The fourth-order valence-electron chi connectivity index (χ4n) is 2.18. The van der Waals surface area contributed by atoms with Crippen LogP contribution in [0.15, 0.2) is 40.1 Å². The van der Waals surface area contributed by atoms with Crippen LogP contribution in [0.4, 0.5) is 0 Å². The molecule has 0 aliphatic carbocycles. The Balaban J connectivity index is 2.12. The third kappa shape index (κ3) is 2.04. The summed E-state index contributed by atoms with van der Waals surface area (Å²) in [5.74, 6) is 0.257. The summed E-state index contributed by atoms with van der Waals surface area (Å²) in [6.07, 6.45) is 1.59. The van der Waals surface area contributed by atoms with Crippen LogP contribution in [0, 0.1) is 0 Å². The van der Waals surface area contributed by atoms with E-state index in [1.165, 1.54) is 11.6 Å². The van der Waals surface area contributed by atoms with Crippen molar-refractivity contribution in [2.45, 2.75) is 22.6 Å². The molecule has 0 spiro atoms. The van der Waals surface area contributed by atoms with Gasteiger partial charge in [-0.1, -0.05) is 23.4 Å². The number of hydrogen-bond donors (Lipinski definition) is 2. The summed E-state index contributed by atoms with van der Waals surface area (Å²) in [5, 5.41) is 20.2. The topological polar surface area (TPSA) is 40.5 Å². The fraction of sp³-hybridized carbons (Fsp3) is 0.143. The minimum absolute atomic E-state index is 0.0937. The molecule has 92 valence electrons. The molecule has 0 unspecified atom stereocenters. The average molecular weight is 279 g/mol. The molecule has 1 aliphatic heterocycles. The summed E-state index contributed by atoms with van der Waals surface area (Å²) < 4.78 is 0. The third-order valence-corrected chi connectivity index (χ3v) is 4.49. The Kier molecular flexibility index (Phi) is 2.88. The van der Waals surface area contributed by atoms with Gasteiger partial charge in [-0.25, -0.2) is 0 Å². The highest BCUT2D eigenvalue weighted by atomic mass is 35.5. The molecule has 0 saturated carbocycles. The number of halogens is 1. The lowest BCUT2D eigenvalue weighted by Gasteiger charge is -2.08. The first-order chi connectivity index (χ1) is 8.63. The summed E-state index contributed by atoms with van der Waals surface area (Å²) >= 11 is 7.56. The van der Waals surface area contributed by atoms with Gasteiger partial charge in [-0.05, 0) is 42.7 Å². The second-order valence-corrected chi connectivity index (χ2v) is 5.82. The van der Waals surface area contributed by atoms with Crippen LogP contribution in [0.1, 0.15) is 11.1 Å². The molecule has 0 amide bonds. The van der Waals surface area contributed by atoms with E-state index in [1.54, 1.807) is 17.8 Å². The maximum atomic E-state index is 9.90. The zero-order chi connectivity index (χ0) is 12.7. The molecule has 4 heteroatoms. The summed E-state index contributed by atoms with van der Waals surface area (Å²) in [6, 6.07) is 8.90. The molecule has 3 rings (SSSR count). The molecule has 2 aromatic carbocycles. The quantitative estimate of drug-likeness (QED) is 0.765. The van der Waals surface area contributed by atoms with E-state index in [2.05, 4.69) is 0 Å². The van der Waals surface area contributed by atoms with Crippen molar-refractivity contribution in [1.29, 1.82) is 0 Å². The summed E-state index contributed by atoms with van der Waals surface area (Å²) in [7, 11) is 0. The minimum atomic E-state index is 0.0937. The van der Waals surface area contributed by atoms with Crippen LogP contribution in [0.2, 0.25) is 5.02 Å². The molecule has 0 saturated heterocycles. The fourth-order valence-corrected chi connectivity index (χ4v) is 3.55. The van der Waals surface area contributed by atoms with Crippen molar-refractivity contribution in [3.05, 3.63) is 46.5 Å². The van der Waals surface area contributed by atoms with Crippen LogP contribution in [0.3, 0.4) is 0 Å². The Morgan fingerprint density at radius 1 is 1.00 bits per heavy atom. The largest absolute Gasteiger partial charge is 0.508 e. The molecule has 2 N–H and O–H groups in total. The van der Waals surface area contributed by atoms with Gasteiger partial charge in [0.05, 0.1) is 0 Å². The Morgan fingerprint density at radius 3 is 2.67 bits per heavy atom. The van der Waals surface area contributed by atoms with Crippen molar-refractivity contribution < 1.29 is 10.2 Å². The van der Waals surface area contributed by atoms with E-state index in [4.69, 9.17) is 11.6 Å². The van der Waals surface area contributed by atoms with Crippen LogP contribution in [0.25, 0.3) is 0 Å². The molecule has 2 nitrogen and oxygen atoms in total. The Bertz CT molecular complexity index is 625. The smallest absolute Gasteiger partial charge is 0.123 e. The van der Waals surface area contributed by atoms with Gasteiger partial charge in [0.15, 0.2) is 0 Å². The summed E-state index contributed by atoms with van der Waals surface area (Å²) in [5.41, 5.74) is 2.08. The first-order valence-electron chi connectivity index (χ1n) is 5.64. The predicted molar refractivity (Wildman–Crippen MR) is 72.8 cm³/mol. The van der Waals surface area contributed by atoms with Crippen molar-refractivity contribution in [3.63, 3.8) is 0 Å². The lowest BCUT2D eigenvalue weighted by molar-refractivity contribution is 0.442. The second-order valence-electron chi connectivity index (χ2n) is 4.30. The van der Waals surface area contributed by atoms with Gasteiger partial charge >= 0.3 is 0 Å². The molecule has 1 aliphatic rings. The molecule has 1 heterocycles. The average Bonchev–Trinajstić information content (AvgIpc) is 2.47. The minimum Gasteiger partial charge on any atom is -0.508 e. The second kappa shape index (κ2) is 4.41. The molecule has 2 aromatic rings. The molecule has 0 aromatic heterocycles. The molecule has 0 fully saturated rings. The SMILES string of the molecule is Oc1cc(O)c2c(c1)Sc1ccc(Cl)cc1CC2. The van der Waals surface area contributed by atoms with E-state index >= 15 is 0 Å². The van der Waals surface area contributed by atoms with Crippen molar-refractivity contribution in [3.8, 4) is 11.5 Å². The number of phenolic OH excluding ortho intramolecular Hbond substituents is 2. The van der Waals surface area contributed by atoms with Crippen LogP contribution in [-0.4, -0.2) is 10.2 Å². The number of phenols is 2. The third-order valence-electron chi connectivity index (χ3n) is 3.06. The molecular weight excluding hydrogens is 268 g/mol. The number of aromatic hydroxyl groups is 2. The van der Waals surface area contributed by atoms with Crippen LogP contribution < -0.4 is 0 Å². The monoisotopic (exact) mass is 278 g/mol. The maximum absolute atomic E-state index is 9.90. The van der Waals surface area contributed by atoms with Crippen molar-refractivity contribution in [2.24, 2.45) is 0 Å². The van der Waals surface area contributed by atoms with Crippen molar-refractivity contribution in [1.82, 2.24) is 0 Å². The van der Waals surface area contributed by atoms with E-state index in [1.807, 2.05) is 18.2 Å². The van der Waals surface area contributed by atoms with Crippen LogP contribution in [0.5, 0.6) is 11.5 Å². The summed E-state index contributed by atoms with van der Waals surface area (Å²) in [6.45, 7) is 0. The zero-order valence-electron chi connectivity index (χ0n) is 9.48. The Hall–Kier alpha value is -1.32. The van der Waals surface area contributed by atoms with Gasteiger partial charge in [0.2, 0.25) is 0 Å². The van der Waals surface area contributed by atoms with E-state index < -0.39 is 0 Å². The van der Waals surface area contributed by atoms with Crippen molar-refractivity contribution >= 4 is 23.4 Å². The Labute approximate surface area is 114 Å². The van der Waals surface area contributed by atoms with Crippen LogP contribution >= 0.6 is 23.4 Å². The standard InChI is InChI=1S/C14H11ClO2S/c15-9-2-4-13-8(5-9)1-3-11-12(17)6-10(16)7-14(11)18-13/h2,4-7,16-17H,1,3H2. The first kappa shape index (κ1) is 11.8. The first-order valence-corrected chi connectivity index (χ1v) is 6.84. The Morgan fingerprint density at radius 2 is 1.83 bits per heavy atom. The normalized spacial score (nSPS) is 13.6. The predicted octanol–water partition coefficient (Wildman–Crippen LogP) is 4.00. The van der Waals surface area contributed by atoms with Gasteiger partial charge in [0, 0.05) is 26.4 Å². The number of rotatable bonds is 0. The lowest BCUT2D eigenvalue weighted by atomic mass is 10.0. The zero-order valence-corrected chi connectivity index (χ0v) is 11.1. The summed E-state index contributed by atoms with van der Waals surface area (Å²) in [4.78, 5) is 2.04. The highest BCUT2D eigenvalue weighted by molar-refractivity contribution is 7.99. The van der Waals surface area contributed by atoms with Gasteiger partial charge in [0.1, 0.15) is 11.5 Å². The molecule has 18 heavy (non-hydrogen) atoms. The van der Waals surface area contributed by atoms with E-state index in [0.29, 0.717) is 0 Å².